The molecule has 2 aliphatic heterocycles. The fourth-order valence-corrected chi connectivity index (χ4v) is 4.28. The van der Waals surface area contributed by atoms with Gasteiger partial charge < -0.3 is 14.5 Å². The van der Waals surface area contributed by atoms with E-state index in [9.17, 15) is 14.0 Å². The Bertz CT molecular complexity index is 948. The molecule has 0 bridgehead atoms. The van der Waals surface area contributed by atoms with Gasteiger partial charge in [-0.3, -0.25) is 9.59 Å². The molecule has 2 saturated heterocycles. The number of nitrogens with zero attached hydrogens (tertiary/aromatic N) is 2. The summed E-state index contributed by atoms with van der Waals surface area (Å²) in [5, 5.41) is 0. The van der Waals surface area contributed by atoms with Gasteiger partial charge in [-0.1, -0.05) is 18.2 Å². The van der Waals surface area contributed by atoms with Crippen LogP contribution in [0, 0.1) is 18.7 Å². The Balaban J connectivity index is 1.31. The molecule has 2 aliphatic rings. The number of hydrogen-bond acceptors (Lipinski definition) is 3. The van der Waals surface area contributed by atoms with Crippen molar-refractivity contribution >= 4 is 11.8 Å². The molecule has 4 rings (SSSR count). The summed E-state index contributed by atoms with van der Waals surface area (Å²) in [5.41, 5.74) is 1.56. The van der Waals surface area contributed by atoms with Crippen molar-refractivity contribution in [1.82, 2.24) is 9.80 Å². The first-order valence-electron chi connectivity index (χ1n) is 11.1. The first-order chi connectivity index (χ1) is 15.0. The first kappa shape index (κ1) is 21.3. The second-order valence-electron chi connectivity index (χ2n) is 8.51. The lowest BCUT2D eigenvalue weighted by Gasteiger charge is -2.32. The number of ether oxygens (including phenoxy) is 1. The third-order valence-electron chi connectivity index (χ3n) is 6.31. The molecule has 6 heteroatoms. The highest BCUT2D eigenvalue weighted by Gasteiger charge is 2.26. The predicted octanol–water partition coefficient (Wildman–Crippen LogP) is 4.30. The number of amides is 2. The van der Waals surface area contributed by atoms with Gasteiger partial charge in [0.05, 0.1) is 12.2 Å². The summed E-state index contributed by atoms with van der Waals surface area (Å²) in [4.78, 5) is 29.1. The molecule has 0 aliphatic carbocycles. The van der Waals surface area contributed by atoms with Crippen molar-refractivity contribution < 1.29 is 18.7 Å². The van der Waals surface area contributed by atoms with Crippen LogP contribution >= 0.6 is 0 Å². The molecule has 0 radical (unpaired) electrons. The van der Waals surface area contributed by atoms with Crippen LogP contribution in [0.4, 0.5) is 4.39 Å². The summed E-state index contributed by atoms with van der Waals surface area (Å²) < 4.78 is 19.9. The van der Waals surface area contributed by atoms with Crippen molar-refractivity contribution in [2.45, 2.75) is 32.6 Å². The Morgan fingerprint density at radius 2 is 1.65 bits per heavy atom. The topological polar surface area (TPSA) is 49.9 Å². The van der Waals surface area contributed by atoms with E-state index in [1.165, 1.54) is 6.07 Å². The number of carbonyl (C=O) groups excluding carboxylic acids is 2. The van der Waals surface area contributed by atoms with Gasteiger partial charge in [-0.05, 0) is 68.4 Å². The number of piperidine rings is 1. The van der Waals surface area contributed by atoms with E-state index in [2.05, 4.69) is 0 Å². The molecule has 2 aromatic carbocycles. The van der Waals surface area contributed by atoms with Gasteiger partial charge in [0.15, 0.2) is 0 Å². The molecule has 2 fully saturated rings. The van der Waals surface area contributed by atoms with Gasteiger partial charge in [-0.15, -0.1) is 0 Å². The van der Waals surface area contributed by atoms with Crippen LogP contribution in [0.3, 0.4) is 0 Å². The number of hydrogen-bond donors (Lipinski definition) is 0. The Kier molecular flexibility index (Phi) is 6.54. The Morgan fingerprint density at radius 3 is 2.35 bits per heavy atom. The van der Waals surface area contributed by atoms with Crippen LogP contribution in [-0.4, -0.2) is 54.4 Å². The molecule has 0 spiro atoms. The summed E-state index contributed by atoms with van der Waals surface area (Å²) in [7, 11) is 0. The molecule has 2 aromatic rings. The zero-order valence-electron chi connectivity index (χ0n) is 18.0. The van der Waals surface area contributed by atoms with Crippen LogP contribution in [-0.2, 0) is 0 Å². The normalized spacial score (nSPS) is 17.1. The molecular weight excluding hydrogens is 395 g/mol. The lowest BCUT2D eigenvalue weighted by Crippen LogP contribution is -2.39. The molecule has 2 amide bonds. The molecule has 0 saturated carbocycles. The number of benzene rings is 2. The third kappa shape index (κ3) is 4.89. The second kappa shape index (κ2) is 9.50. The van der Waals surface area contributed by atoms with Crippen LogP contribution in [0.15, 0.2) is 42.5 Å². The highest BCUT2D eigenvalue weighted by molar-refractivity contribution is 5.97. The maximum atomic E-state index is 13.8. The van der Waals surface area contributed by atoms with Crippen LogP contribution < -0.4 is 4.74 Å². The average Bonchev–Trinajstić information content (AvgIpc) is 3.34. The molecule has 0 atom stereocenters. The van der Waals surface area contributed by atoms with E-state index in [1.807, 2.05) is 29.2 Å². The molecular formula is C25H29FN2O3. The Labute approximate surface area is 182 Å². The van der Waals surface area contributed by atoms with E-state index in [0.29, 0.717) is 48.1 Å². The quantitative estimate of drug-likeness (QED) is 0.719. The summed E-state index contributed by atoms with van der Waals surface area (Å²) in [5.74, 6) is 0.511. The molecule has 0 aromatic heterocycles. The summed E-state index contributed by atoms with van der Waals surface area (Å²) in [6.07, 6.45) is 3.76. The van der Waals surface area contributed by atoms with Crippen molar-refractivity contribution in [3.8, 4) is 5.75 Å². The fourth-order valence-electron chi connectivity index (χ4n) is 4.28. The zero-order chi connectivity index (χ0) is 21.8. The number of likely N-dealkylation sites (tertiary alicyclic amines) is 2. The number of aryl methyl sites for hydroxylation is 1. The summed E-state index contributed by atoms with van der Waals surface area (Å²) in [6, 6.07) is 12.1. The van der Waals surface area contributed by atoms with Gasteiger partial charge in [0.2, 0.25) is 0 Å². The number of halogens is 1. The Morgan fingerprint density at radius 1 is 0.968 bits per heavy atom. The van der Waals surface area contributed by atoms with E-state index in [-0.39, 0.29) is 17.6 Å². The number of carbonyl (C=O) groups is 2. The van der Waals surface area contributed by atoms with Gasteiger partial charge in [-0.2, -0.15) is 0 Å². The minimum absolute atomic E-state index is 0.0406. The van der Waals surface area contributed by atoms with Gasteiger partial charge in [0.25, 0.3) is 11.8 Å². The maximum absolute atomic E-state index is 13.8. The minimum Gasteiger partial charge on any atom is -0.492 e. The second-order valence-corrected chi connectivity index (χ2v) is 8.51. The molecule has 0 N–H and O–H groups in total. The third-order valence-corrected chi connectivity index (χ3v) is 6.31. The standard InChI is InChI=1S/C25H29FN2O3/c1-18-8-9-20(16-22(18)26)24(29)28-14-10-19(11-15-28)17-31-23-7-3-2-6-21(23)25(30)27-12-4-5-13-27/h2-3,6-9,16,19H,4-5,10-15,17H2,1H3. The monoisotopic (exact) mass is 424 g/mol. The van der Waals surface area contributed by atoms with E-state index < -0.39 is 0 Å². The smallest absolute Gasteiger partial charge is 0.257 e. The highest BCUT2D eigenvalue weighted by Crippen LogP contribution is 2.25. The molecule has 0 unspecified atom stereocenters. The van der Waals surface area contributed by atoms with Crippen LogP contribution in [0.5, 0.6) is 5.75 Å². The maximum Gasteiger partial charge on any atom is 0.257 e. The van der Waals surface area contributed by atoms with Gasteiger partial charge in [-0.25, -0.2) is 4.39 Å². The van der Waals surface area contributed by atoms with E-state index in [1.54, 1.807) is 24.0 Å². The van der Waals surface area contributed by atoms with Gasteiger partial charge in [0, 0.05) is 31.7 Å². The van der Waals surface area contributed by atoms with Crippen molar-refractivity contribution in [1.29, 1.82) is 0 Å². The van der Waals surface area contributed by atoms with Gasteiger partial charge >= 0.3 is 0 Å². The summed E-state index contributed by atoms with van der Waals surface area (Å²) >= 11 is 0. The van der Waals surface area contributed by atoms with E-state index in [0.717, 1.165) is 38.8 Å². The largest absolute Gasteiger partial charge is 0.492 e. The Hall–Kier alpha value is -2.89. The van der Waals surface area contributed by atoms with Crippen molar-refractivity contribution in [3.05, 3.63) is 65.0 Å². The minimum atomic E-state index is -0.351. The fraction of sp³-hybridized carbons (Fsp3) is 0.440. The number of para-hydroxylation sites is 1. The number of rotatable bonds is 5. The van der Waals surface area contributed by atoms with Crippen molar-refractivity contribution in [2.75, 3.05) is 32.8 Å². The molecule has 31 heavy (non-hydrogen) atoms. The lowest BCUT2D eigenvalue weighted by molar-refractivity contribution is 0.0656. The van der Waals surface area contributed by atoms with Crippen LogP contribution in [0.25, 0.3) is 0 Å². The zero-order valence-corrected chi connectivity index (χ0v) is 18.0. The van der Waals surface area contributed by atoms with E-state index in [4.69, 9.17) is 4.74 Å². The van der Waals surface area contributed by atoms with Crippen LogP contribution in [0.1, 0.15) is 52.0 Å². The van der Waals surface area contributed by atoms with Gasteiger partial charge in [0.1, 0.15) is 11.6 Å². The lowest BCUT2D eigenvalue weighted by atomic mass is 9.97. The molecule has 5 nitrogen and oxygen atoms in total. The molecule has 2 heterocycles. The summed E-state index contributed by atoms with van der Waals surface area (Å²) in [6.45, 7) is 5.07. The average molecular weight is 425 g/mol. The highest BCUT2D eigenvalue weighted by atomic mass is 19.1. The predicted molar refractivity (Wildman–Crippen MR) is 117 cm³/mol. The first-order valence-corrected chi connectivity index (χ1v) is 11.1. The van der Waals surface area contributed by atoms with Crippen molar-refractivity contribution in [2.24, 2.45) is 5.92 Å². The van der Waals surface area contributed by atoms with Crippen LogP contribution in [0.2, 0.25) is 0 Å². The van der Waals surface area contributed by atoms with E-state index >= 15 is 0 Å². The molecule has 164 valence electrons. The SMILES string of the molecule is Cc1ccc(C(=O)N2CCC(COc3ccccc3C(=O)N3CCCC3)CC2)cc1F. The van der Waals surface area contributed by atoms with Crippen molar-refractivity contribution in [3.63, 3.8) is 0 Å².